The van der Waals surface area contributed by atoms with Gasteiger partial charge >= 0.3 is 0 Å². The molecule has 6 heteroatoms. The Balaban J connectivity index is 1.37. The number of carbonyl (C=O) groups excluding carboxylic acids is 1. The Morgan fingerprint density at radius 1 is 1.06 bits per heavy atom. The van der Waals surface area contributed by atoms with Gasteiger partial charge in [-0.05, 0) is 60.2 Å². The van der Waals surface area contributed by atoms with E-state index in [9.17, 15) is 9.18 Å². The number of hydrogen-bond donors (Lipinski definition) is 1. The number of nitrogens with two attached hydrogens (primary N) is 1. The fourth-order valence-electron chi connectivity index (χ4n) is 5.27. The number of pyridine rings is 1. The number of carbonyl (C=O) groups is 1. The van der Waals surface area contributed by atoms with Crippen LogP contribution in [0.3, 0.4) is 0 Å². The number of nitrogens with zero attached hydrogens (tertiary/aromatic N) is 2. The maximum atomic E-state index is 13.7. The Kier molecular flexibility index (Phi) is 6.67. The van der Waals surface area contributed by atoms with Gasteiger partial charge in [-0.2, -0.15) is 4.39 Å². The number of halogens is 1. The molecule has 2 unspecified atom stereocenters. The molecule has 182 valence electrons. The largest absolute Gasteiger partial charge is 0.380 e. The van der Waals surface area contributed by atoms with Gasteiger partial charge in [-0.1, -0.05) is 55.3 Å². The van der Waals surface area contributed by atoms with Gasteiger partial charge in [0.15, 0.2) is 0 Å². The molecule has 2 aliphatic rings. The van der Waals surface area contributed by atoms with E-state index in [-0.39, 0.29) is 23.3 Å². The summed E-state index contributed by atoms with van der Waals surface area (Å²) in [5, 5.41) is 0. The van der Waals surface area contributed by atoms with E-state index in [1.54, 1.807) is 19.2 Å². The number of anilines is 1. The summed E-state index contributed by atoms with van der Waals surface area (Å²) in [6, 6.07) is 21.2. The maximum Gasteiger partial charge on any atom is 0.230 e. The summed E-state index contributed by atoms with van der Waals surface area (Å²) >= 11 is 0. The van der Waals surface area contributed by atoms with Crippen LogP contribution in [-0.2, 0) is 16.1 Å². The van der Waals surface area contributed by atoms with Crippen LogP contribution in [0.25, 0.3) is 11.1 Å². The van der Waals surface area contributed by atoms with Crippen molar-refractivity contribution < 1.29 is 13.9 Å². The van der Waals surface area contributed by atoms with E-state index in [1.807, 2.05) is 17.0 Å². The Morgan fingerprint density at radius 3 is 2.34 bits per heavy atom. The van der Waals surface area contributed by atoms with E-state index in [1.165, 1.54) is 6.07 Å². The molecule has 0 saturated heterocycles. The lowest BCUT2D eigenvalue weighted by Gasteiger charge is -2.33. The van der Waals surface area contributed by atoms with Crippen molar-refractivity contribution >= 4 is 11.6 Å². The zero-order chi connectivity index (χ0) is 24.4. The first-order valence-corrected chi connectivity index (χ1v) is 12.4. The second-order valence-corrected chi connectivity index (χ2v) is 10.0. The van der Waals surface area contributed by atoms with Crippen LogP contribution < -0.4 is 10.6 Å². The molecule has 5 nitrogen and oxygen atoms in total. The van der Waals surface area contributed by atoms with Gasteiger partial charge in [0.2, 0.25) is 11.9 Å². The van der Waals surface area contributed by atoms with Crippen molar-refractivity contribution in [3.05, 3.63) is 83.9 Å². The van der Waals surface area contributed by atoms with Crippen molar-refractivity contribution in [2.45, 2.75) is 50.2 Å². The monoisotopic (exact) mass is 473 g/mol. The summed E-state index contributed by atoms with van der Waals surface area (Å²) in [7, 11) is 1.69. The number of benzene rings is 2. The van der Waals surface area contributed by atoms with Crippen LogP contribution in [0.1, 0.15) is 49.3 Å². The van der Waals surface area contributed by atoms with Gasteiger partial charge in [0.05, 0.1) is 6.61 Å². The summed E-state index contributed by atoms with van der Waals surface area (Å²) in [6.07, 6.45) is 4.71. The molecule has 1 heterocycles. The van der Waals surface area contributed by atoms with Crippen molar-refractivity contribution in [3.63, 3.8) is 0 Å². The molecule has 2 N–H and O–H groups in total. The second-order valence-electron chi connectivity index (χ2n) is 10.0. The molecule has 0 bridgehead atoms. The molecule has 2 fully saturated rings. The van der Waals surface area contributed by atoms with Crippen molar-refractivity contribution in [2.24, 2.45) is 11.7 Å². The first-order valence-electron chi connectivity index (χ1n) is 12.4. The van der Waals surface area contributed by atoms with Gasteiger partial charge in [-0.15, -0.1) is 0 Å². The van der Waals surface area contributed by atoms with Gasteiger partial charge in [0.25, 0.3) is 0 Å². The molecule has 0 aliphatic heterocycles. The van der Waals surface area contributed by atoms with Crippen LogP contribution in [0.15, 0.2) is 66.7 Å². The second kappa shape index (κ2) is 9.88. The highest BCUT2D eigenvalue weighted by Gasteiger charge is 2.48. The first-order chi connectivity index (χ1) is 17.0. The third-order valence-electron chi connectivity index (χ3n) is 7.34. The van der Waals surface area contributed by atoms with Crippen molar-refractivity contribution in [3.8, 4) is 11.1 Å². The van der Waals surface area contributed by atoms with Gasteiger partial charge in [0.1, 0.15) is 0 Å². The number of ether oxygens (including phenoxy) is 1. The Labute approximate surface area is 206 Å². The highest BCUT2D eigenvalue weighted by Crippen LogP contribution is 2.48. The standard InChI is InChI=1S/C29H32FN3O2/c1-35-18-20-7-9-21(10-8-20)22-11-13-23(14-12-22)33(19-29(31)15-2-3-16-29)28(34)25-17-24(25)26-5-4-6-27(30)32-26/h4-14,24-25H,2-3,15-19,31H2,1H3. The minimum Gasteiger partial charge on any atom is -0.380 e. The van der Waals surface area contributed by atoms with Gasteiger partial charge in [-0.3, -0.25) is 4.79 Å². The number of rotatable bonds is 8. The molecular weight excluding hydrogens is 441 g/mol. The molecule has 2 aliphatic carbocycles. The zero-order valence-corrected chi connectivity index (χ0v) is 20.1. The van der Waals surface area contributed by atoms with Crippen LogP contribution >= 0.6 is 0 Å². The van der Waals surface area contributed by atoms with E-state index in [2.05, 4.69) is 41.4 Å². The minimum absolute atomic E-state index is 0.0390. The van der Waals surface area contributed by atoms with Crippen molar-refractivity contribution in [1.82, 2.24) is 4.98 Å². The fraction of sp³-hybridized carbons (Fsp3) is 0.379. The summed E-state index contributed by atoms with van der Waals surface area (Å²) in [5.74, 6) is -0.685. The van der Waals surface area contributed by atoms with E-state index >= 15 is 0 Å². The molecular formula is C29H32FN3O2. The lowest BCUT2D eigenvalue weighted by Crippen LogP contribution is -2.50. The smallest absolute Gasteiger partial charge is 0.230 e. The predicted molar refractivity (Wildman–Crippen MR) is 135 cm³/mol. The van der Waals surface area contributed by atoms with Crippen LogP contribution in [0.5, 0.6) is 0 Å². The molecule has 2 atom stereocenters. The Morgan fingerprint density at radius 2 is 1.71 bits per heavy atom. The molecule has 3 aromatic rings. The van der Waals surface area contributed by atoms with E-state index in [0.29, 0.717) is 25.3 Å². The lowest BCUT2D eigenvalue weighted by molar-refractivity contribution is -0.120. The Hall–Kier alpha value is -3.09. The van der Waals surface area contributed by atoms with Gasteiger partial charge < -0.3 is 15.4 Å². The quantitative estimate of drug-likeness (QED) is 0.442. The minimum atomic E-state index is -0.504. The normalized spacial score (nSPS) is 20.5. The highest BCUT2D eigenvalue weighted by atomic mass is 19.1. The van der Waals surface area contributed by atoms with E-state index in [4.69, 9.17) is 10.5 Å². The molecule has 5 rings (SSSR count). The van der Waals surface area contributed by atoms with Crippen LogP contribution in [0.2, 0.25) is 0 Å². The molecule has 1 amide bonds. The van der Waals surface area contributed by atoms with E-state index < -0.39 is 5.95 Å². The van der Waals surface area contributed by atoms with Crippen molar-refractivity contribution in [2.75, 3.05) is 18.6 Å². The average Bonchev–Trinajstić information content (AvgIpc) is 3.56. The average molecular weight is 474 g/mol. The molecule has 0 spiro atoms. The predicted octanol–water partition coefficient (Wildman–Crippen LogP) is 5.44. The molecule has 0 radical (unpaired) electrons. The highest BCUT2D eigenvalue weighted by molar-refractivity contribution is 5.98. The first kappa shape index (κ1) is 23.6. The molecule has 1 aromatic heterocycles. The number of aromatic nitrogens is 1. The van der Waals surface area contributed by atoms with Gasteiger partial charge in [-0.25, -0.2) is 4.98 Å². The third kappa shape index (κ3) is 5.29. The topological polar surface area (TPSA) is 68.5 Å². The van der Waals surface area contributed by atoms with Crippen molar-refractivity contribution in [1.29, 1.82) is 0 Å². The zero-order valence-electron chi connectivity index (χ0n) is 20.1. The lowest BCUT2D eigenvalue weighted by atomic mass is 9.97. The number of hydrogen-bond acceptors (Lipinski definition) is 4. The summed E-state index contributed by atoms with van der Waals surface area (Å²) in [4.78, 5) is 19.6. The molecule has 2 saturated carbocycles. The van der Waals surface area contributed by atoms with Crippen LogP contribution in [-0.4, -0.2) is 30.1 Å². The summed E-state index contributed by atoms with van der Waals surface area (Å²) in [6.45, 7) is 1.08. The third-order valence-corrected chi connectivity index (χ3v) is 7.34. The molecule has 2 aromatic carbocycles. The van der Waals surface area contributed by atoms with Gasteiger partial charge in [0, 0.05) is 42.4 Å². The fourth-order valence-corrected chi connectivity index (χ4v) is 5.27. The maximum absolute atomic E-state index is 13.7. The Bertz CT molecular complexity index is 1170. The van der Waals surface area contributed by atoms with E-state index in [0.717, 1.165) is 48.1 Å². The SMILES string of the molecule is COCc1ccc(-c2ccc(N(CC3(N)CCCC3)C(=O)C3CC3c3cccc(F)n3)cc2)cc1. The number of methoxy groups -OCH3 is 1. The molecule has 35 heavy (non-hydrogen) atoms. The van der Waals surface area contributed by atoms with Crippen LogP contribution in [0, 0.1) is 11.9 Å². The summed E-state index contributed by atoms with van der Waals surface area (Å²) < 4.78 is 18.8. The summed E-state index contributed by atoms with van der Waals surface area (Å²) in [5.41, 5.74) is 11.2. The van der Waals surface area contributed by atoms with Crippen LogP contribution in [0.4, 0.5) is 10.1 Å². The number of amides is 1.